The van der Waals surface area contributed by atoms with Crippen LogP contribution in [-0.4, -0.2) is 31.3 Å². The molecule has 0 aliphatic carbocycles. The Bertz CT molecular complexity index is 161. The number of carboxylic acid groups (broad SMARTS) is 1. The van der Waals surface area contributed by atoms with E-state index < -0.39 is 5.97 Å². The second-order valence-electron chi connectivity index (χ2n) is 3.66. The second kappa shape index (κ2) is 7.76. The van der Waals surface area contributed by atoms with Crippen LogP contribution in [-0.2, 0) is 9.53 Å². The van der Waals surface area contributed by atoms with Crippen molar-refractivity contribution in [3.8, 4) is 0 Å². The lowest BCUT2D eigenvalue weighted by Crippen LogP contribution is -2.25. The Labute approximate surface area is 85.4 Å². The van der Waals surface area contributed by atoms with Gasteiger partial charge in [0.15, 0.2) is 0 Å². The van der Waals surface area contributed by atoms with E-state index in [4.69, 9.17) is 15.6 Å². The second-order valence-corrected chi connectivity index (χ2v) is 3.66. The minimum Gasteiger partial charge on any atom is -0.481 e. The summed E-state index contributed by atoms with van der Waals surface area (Å²) in [4.78, 5) is 10.9. The number of hydrogen-bond acceptors (Lipinski definition) is 3. The van der Waals surface area contributed by atoms with Gasteiger partial charge in [-0.3, -0.25) is 4.79 Å². The van der Waals surface area contributed by atoms with Gasteiger partial charge in [-0.2, -0.15) is 0 Å². The predicted octanol–water partition coefficient (Wildman–Crippen LogP) is 1.10. The maximum atomic E-state index is 10.9. The molecular formula is C10H21NO3. The molecule has 0 amide bonds. The van der Waals surface area contributed by atoms with Crippen LogP contribution in [0.15, 0.2) is 0 Å². The molecule has 3 N–H and O–H groups in total. The average molecular weight is 203 g/mol. The maximum absolute atomic E-state index is 10.9. The van der Waals surface area contributed by atoms with E-state index >= 15 is 0 Å². The van der Waals surface area contributed by atoms with Gasteiger partial charge in [0.25, 0.3) is 0 Å². The van der Waals surface area contributed by atoms with Gasteiger partial charge in [0.2, 0.25) is 0 Å². The zero-order valence-electron chi connectivity index (χ0n) is 9.03. The highest BCUT2D eigenvalue weighted by atomic mass is 16.5. The first-order valence-electron chi connectivity index (χ1n) is 5.05. The van der Waals surface area contributed by atoms with E-state index in [-0.39, 0.29) is 11.8 Å². The normalized spacial score (nSPS) is 15.1. The Hall–Kier alpha value is -0.610. The molecule has 84 valence electrons. The van der Waals surface area contributed by atoms with Crippen LogP contribution in [0.3, 0.4) is 0 Å². The summed E-state index contributed by atoms with van der Waals surface area (Å²) >= 11 is 0. The third-order valence-corrected chi connectivity index (χ3v) is 2.40. The predicted molar refractivity (Wildman–Crippen MR) is 55.1 cm³/mol. The van der Waals surface area contributed by atoms with Gasteiger partial charge in [-0.1, -0.05) is 13.3 Å². The molecular weight excluding hydrogens is 182 g/mol. The van der Waals surface area contributed by atoms with Gasteiger partial charge in [0.05, 0.1) is 5.92 Å². The lowest BCUT2D eigenvalue weighted by atomic mass is 9.90. The smallest absolute Gasteiger partial charge is 0.306 e. The van der Waals surface area contributed by atoms with Gasteiger partial charge in [0, 0.05) is 13.7 Å². The Kier molecular flexibility index (Phi) is 7.42. The highest BCUT2D eigenvalue weighted by Crippen LogP contribution is 2.19. The van der Waals surface area contributed by atoms with Crippen LogP contribution in [0.1, 0.15) is 26.2 Å². The Morgan fingerprint density at radius 1 is 1.50 bits per heavy atom. The van der Waals surface area contributed by atoms with Crippen LogP contribution in [0.25, 0.3) is 0 Å². The average Bonchev–Trinajstić information content (AvgIpc) is 2.12. The SMILES string of the molecule is COCC(C)C(CCCCN)C(=O)O. The minimum absolute atomic E-state index is 0.0651. The molecule has 0 radical (unpaired) electrons. The molecule has 4 nitrogen and oxygen atoms in total. The van der Waals surface area contributed by atoms with E-state index in [0.717, 1.165) is 12.8 Å². The molecule has 0 aromatic heterocycles. The molecule has 2 atom stereocenters. The van der Waals surface area contributed by atoms with E-state index in [2.05, 4.69) is 0 Å². The van der Waals surface area contributed by atoms with Gasteiger partial charge in [0.1, 0.15) is 0 Å². The fourth-order valence-electron chi connectivity index (χ4n) is 1.54. The van der Waals surface area contributed by atoms with Crippen molar-refractivity contribution in [3.05, 3.63) is 0 Å². The molecule has 0 aliphatic heterocycles. The first-order chi connectivity index (χ1) is 6.63. The van der Waals surface area contributed by atoms with Crippen LogP contribution in [0, 0.1) is 11.8 Å². The summed E-state index contributed by atoms with van der Waals surface area (Å²) in [6.45, 7) is 3.04. The van der Waals surface area contributed by atoms with Crippen LogP contribution < -0.4 is 5.73 Å². The summed E-state index contributed by atoms with van der Waals surface area (Å²) in [6.07, 6.45) is 2.46. The molecule has 0 aromatic carbocycles. The Morgan fingerprint density at radius 3 is 2.57 bits per heavy atom. The highest BCUT2D eigenvalue weighted by Gasteiger charge is 2.23. The van der Waals surface area contributed by atoms with Gasteiger partial charge in [-0.05, 0) is 25.3 Å². The first-order valence-corrected chi connectivity index (χ1v) is 5.05. The standard InChI is InChI=1S/C10H21NO3/c1-8(7-14-2)9(10(12)13)5-3-4-6-11/h8-9H,3-7,11H2,1-2H3,(H,12,13). The number of nitrogens with two attached hydrogens (primary N) is 1. The molecule has 0 fully saturated rings. The van der Waals surface area contributed by atoms with E-state index in [1.807, 2.05) is 6.92 Å². The highest BCUT2D eigenvalue weighted by molar-refractivity contribution is 5.70. The largest absolute Gasteiger partial charge is 0.481 e. The number of aliphatic carboxylic acids is 1. The molecule has 0 saturated heterocycles. The molecule has 0 spiro atoms. The van der Waals surface area contributed by atoms with Crippen molar-refractivity contribution in [1.82, 2.24) is 0 Å². The molecule has 0 rings (SSSR count). The molecule has 0 aliphatic rings. The van der Waals surface area contributed by atoms with Crippen LogP contribution in [0.2, 0.25) is 0 Å². The van der Waals surface area contributed by atoms with Gasteiger partial charge < -0.3 is 15.6 Å². The molecule has 0 aromatic rings. The summed E-state index contributed by atoms with van der Waals surface area (Å²) in [5, 5.41) is 8.98. The fraction of sp³-hybridized carbons (Fsp3) is 0.900. The lowest BCUT2D eigenvalue weighted by molar-refractivity contribution is -0.144. The molecule has 2 unspecified atom stereocenters. The summed E-state index contributed by atoms with van der Waals surface area (Å²) < 4.78 is 4.95. The number of unbranched alkanes of at least 4 members (excludes halogenated alkanes) is 1. The van der Waals surface area contributed by atoms with Crippen LogP contribution in [0.5, 0.6) is 0 Å². The third kappa shape index (κ3) is 5.19. The van der Waals surface area contributed by atoms with E-state index in [1.54, 1.807) is 7.11 Å². The quantitative estimate of drug-likeness (QED) is 0.579. The monoisotopic (exact) mass is 203 g/mol. The van der Waals surface area contributed by atoms with Crippen molar-refractivity contribution >= 4 is 5.97 Å². The molecule has 0 heterocycles. The number of hydrogen-bond donors (Lipinski definition) is 2. The summed E-state index contributed by atoms with van der Waals surface area (Å²) in [6, 6.07) is 0. The van der Waals surface area contributed by atoms with Crippen molar-refractivity contribution in [3.63, 3.8) is 0 Å². The third-order valence-electron chi connectivity index (χ3n) is 2.40. The Balaban J connectivity index is 3.94. The summed E-state index contributed by atoms with van der Waals surface area (Å²) in [5.74, 6) is -0.969. The van der Waals surface area contributed by atoms with Gasteiger partial charge >= 0.3 is 5.97 Å². The minimum atomic E-state index is -0.730. The number of methoxy groups -OCH3 is 1. The van der Waals surface area contributed by atoms with Crippen molar-refractivity contribution in [1.29, 1.82) is 0 Å². The van der Waals surface area contributed by atoms with Crippen molar-refractivity contribution in [2.24, 2.45) is 17.6 Å². The van der Waals surface area contributed by atoms with Crippen molar-refractivity contribution in [2.75, 3.05) is 20.3 Å². The topological polar surface area (TPSA) is 72.5 Å². The molecule has 0 saturated carbocycles. The molecule has 14 heavy (non-hydrogen) atoms. The zero-order chi connectivity index (χ0) is 11.0. The van der Waals surface area contributed by atoms with Crippen molar-refractivity contribution < 1.29 is 14.6 Å². The summed E-state index contributed by atoms with van der Waals surface area (Å²) in [7, 11) is 1.59. The number of carbonyl (C=O) groups is 1. The first kappa shape index (κ1) is 13.4. The van der Waals surface area contributed by atoms with E-state index in [9.17, 15) is 4.79 Å². The molecule has 4 heteroatoms. The number of rotatable bonds is 8. The van der Waals surface area contributed by atoms with Crippen LogP contribution >= 0.6 is 0 Å². The van der Waals surface area contributed by atoms with Gasteiger partial charge in [-0.15, -0.1) is 0 Å². The van der Waals surface area contributed by atoms with Gasteiger partial charge in [-0.25, -0.2) is 0 Å². The lowest BCUT2D eigenvalue weighted by Gasteiger charge is -2.18. The summed E-state index contributed by atoms with van der Waals surface area (Å²) in [5.41, 5.74) is 5.35. The fourth-order valence-corrected chi connectivity index (χ4v) is 1.54. The Morgan fingerprint density at radius 2 is 2.14 bits per heavy atom. The zero-order valence-corrected chi connectivity index (χ0v) is 9.03. The van der Waals surface area contributed by atoms with Crippen molar-refractivity contribution in [2.45, 2.75) is 26.2 Å². The number of carboxylic acids is 1. The van der Waals surface area contributed by atoms with E-state index in [1.165, 1.54) is 0 Å². The van der Waals surface area contributed by atoms with Crippen LogP contribution in [0.4, 0.5) is 0 Å². The molecule has 0 bridgehead atoms. The maximum Gasteiger partial charge on any atom is 0.306 e. The van der Waals surface area contributed by atoms with E-state index in [0.29, 0.717) is 19.6 Å². The number of ether oxygens (including phenoxy) is 1.